The molecule has 0 saturated heterocycles. The van der Waals surface area contributed by atoms with E-state index in [-0.39, 0.29) is 0 Å². The third-order valence-electron chi connectivity index (χ3n) is 2.30. The van der Waals surface area contributed by atoms with Gasteiger partial charge >= 0.3 is 0 Å². The molecular formula is C13H10Cl2IN3. The Hall–Kier alpha value is -0.850. The van der Waals surface area contributed by atoms with Crippen LogP contribution in [-0.4, -0.2) is 11.2 Å². The topological polar surface area (TPSA) is 28.5 Å². The van der Waals surface area contributed by atoms with Gasteiger partial charge in [0.1, 0.15) is 0 Å². The summed E-state index contributed by atoms with van der Waals surface area (Å²) in [6.45, 7) is 1.89. The van der Waals surface area contributed by atoms with Crippen molar-refractivity contribution in [3.63, 3.8) is 0 Å². The average Bonchev–Trinajstić information content (AvgIpc) is 2.36. The van der Waals surface area contributed by atoms with Crippen LogP contribution < -0.4 is 3.22 Å². The number of hydrogen-bond donors (Lipinski definition) is 0. The first kappa shape index (κ1) is 14.6. The number of nitrogens with zero attached hydrogens (tertiary/aromatic N) is 3. The fourth-order valence-corrected chi connectivity index (χ4v) is 2.27. The molecule has 2 aromatic rings. The molecule has 0 radical (unpaired) electrons. The van der Waals surface area contributed by atoms with Gasteiger partial charge in [-0.3, -0.25) is 0 Å². The van der Waals surface area contributed by atoms with Crippen molar-refractivity contribution >= 4 is 58.1 Å². The summed E-state index contributed by atoms with van der Waals surface area (Å²) in [5.41, 5.74) is 1.70. The molecule has 6 heteroatoms. The molecule has 98 valence electrons. The van der Waals surface area contributed by atoms with E-state index in [4.69, 9.17) is 23.2 Å². The second-order valence-corrected chi connectivity index (χ2v) is 5.57. The Morgan fingerprint density at radius 3 is 2.68 bits per heavy atom. The van der Waals surface area contributed by atoms with E-state index in [9.17, 15) is 0 Å². The van der Waals surface area contributed by atoms with Gasteiger partial charge in [0.05, 0.1) is 29.1 Å². The maximum absolute atomic E-state index is 6.06. The third-order valence-corrected chi connectivity index (χ3v) is 3.60. The highest BCUT2D eigenvalue weighted by molar-refractivity contribution is 14.1. The SMILES string of the molecule is Cc1cc(Cl)cc(N(I)N=Cc2ccccc2Cl)n1. The monoisotopic (exact) mass is 405 g/mol. The predicted molar refractivity (Wildman–Crippen MR) is 89.5 cm³/mol. The Kier molecular flexibility index (Phi) is 5.01. The summed E-state index contributed by atoms with van der Waals surface area (Å²) in [6, 6.07) is 11.1. The number of benzene rings is 1. The highest BCUT2D eigenvalue weighted by Crippen LogP contribution is 2.22. The predicted octanol–water partition coefficient (Wildman–Crippen LogP) is 4.89. The number of pyridine rings is 1. The Labute approximate surface area is 135 Å². The number of rotatable bonds is 3. The minimum Gasteiger partial charge on any atom is -0.233 e. The molecule has 1 aromatic heterocycles. The number of hydrogen-bond acceptors (Lipinski definition) is 3. The van der Waals surface area contributed by atoms with Crippen LogP contribution in [0.1, 0.15) is 11.3 Å². The average molecular weight is 406 g/mol. The highest BCUT2D eigenvalue weighted by atomic mass is 127. The molecule has 0 aliphatic heterocycles. The summed E-state index contributed by atoms with van der Waals surface area (Å²) >= 11 is 14.1. The fraction of sp³-hybridized carbons (Fsp3) is 0.0769. The van der Waals surface area contributed by atoms with Crippen molar-refractivity contribution in [3.8, 4) is 0 Å². The summed E-state index contributed by atoms with van der Waals surface area (Å²) in [5, 5.41) is 5.59. The van der Waals surface area contributed by atoms with Gasteiger partial charge in [-0.1, -0.05) is 41.4 Å². The Balaban J connectivity index is 2.21. The van der Waals surface area contributed by atoms with Gasteiger partial charge in [0.15, 0.2) is 5.82 Å². The smallest absolute Gasteiger partial charge is 0.160 e. The zero-order chi connectivity index (χ0) is 13.8. The molecular weight excluding hydrogens is 396 g/mol. The number of hydrazone groups is 1. The molecule has 1 heterocycles. The Bertz CT molecular complexity index is 596. The van der Waals surface area contributed by atoms with Crippen molar-refractivity contribution in [1.29, 1.82) is 0 Å². The van der Waals surface area contributed by atoms with Crippen molar-refractivity contribution in [2.24, 2.45) is 5.10 Å². The Morgan fingerprint density at radius 2 is 2.00 bits per heavy atom. The number of halogens is 3. The van der Waals surface area contributed by atoms with Crippen LogP contribution in [0.2, 0.25) is 10.0 Å². The van der Waals surface area contributed by atoms with Crippen molar-refractivity contribution in [1.82, 2.24) is 4.98 Å². The van der Waals surface area contributed by atoms with Gasteiger partial charge in [0, 0.05) is 27.4 Å². The van der Waals surface area contributed by atoms with Crippen LogP contribution >= 0.6 is 46.1 Å². The third kappa shape index (κ3) is 4.06. The van der Waals surface area contributed by atoms with Gasteiger partial charge in [-0.05, 0) is 19.1 Å². The van der Waals surface area contributed by atoms with Gasteiger partial charge in [-0.25, -0.2) is 4.98 Å². The molecule has 1 aromatic carbocycles. The first-order valence-corrected chi connectivity index (χ1v) is 7.17. The van der Waals surface area contributed by atoms with E-state index >= 15 is 0 Å². The zero-order valence-corrected chi connectivity index (χ0v) is 13.7. The van der Waals surface area contributed by atoms with E-state index in [0.29, 0.717) is 15.9 Å². The molecule has 0 unspecified atom stereocenters. The van der Waals surface area contributed by atoms with Gasteiger partial charge in [-0.2, -0.15) is 8.32 Å². The summed E-state index contributed by atoms with van der Waals surface area (Å²) in [4.78, 5) is 4.36. The highest BCUT2D eigenvalue weighted by Gasteiger charge is 2.05. The lowest BCUT2D eigenvalue weighted by Crippen LogP contribution is -2.03. The molecule has 0 spiro atoms. The minimum absolute atomic E-state index is 0.636. The van der Waals surface area contributed by atoms with Crippen molar-refractivity contribution in [2.45, 2.75) is 6.92 Å². The van der Waals surface area contributed by atoms with Crippen LogP contribution in [0.25, 0.3) is 0 Å². The van der Waals surface area contributed by atoms with Crippen LogP contribution in [0.4, 0.5) is 5.82 Å². The second-order valence-electron chi connectivity index (χ2n) is 3.81. The first-order valence-electron chi connectivity index (χ1n) is 5.45. The molecule has 0 bridgehead atoms. The molecule has 0 saturated carbocycles. The molecule has 0 aliphatic rings. The Morgan fingerprint density at radius 1 is 1.26 bits per heavy atom. The normalized spacial score (nSPS) is 10.9. The van der Waals surface area contributed by atoms with Crippen molar-refractivity contribution in [2.75, 3.05) is 3.22 Å². The van der Waals surface area contributed by atoms with E-state index in [1.54, 1.807) is 21.6 Å². The van der Waals surface area contributed by atoms with E-state index in [1.165, 1.54) is 0 Å². The van der Waals surface area contributed by atoms with Gasteiger partial charge in [0.2, 0.25) is 0 Å². The van der Waals surface area contributed by atoms with Crippen LogP contribution in [-0.2, 0) is 0 Å². The standard InChI is InChI=1S/C13H10Cl2IN3/c1-9-6-11(14)7-13(18-9)19(16)17-8-10-4-2-3-5-12(10)15/h2-8H,1H3. The molecule has 0 fully saturated rings. The lowest BCUT2D eigenvalue weighted by Gasteiger charge is -2.10. The quantitative estimate of drug-likeness (QED) is 0.315. The van der Waals surface area contributed by atoms with Gasteiger partial charge in [0.25, 0.3) is 0 Å². The summed E-state index contributed by atoms with van der Waals surface area (Å²) in [7, 11) is 0. The lowest BCUT2D eigenvalue weighted by molar-refractivity contribution is 1.12. The van der Waals surface area contributed by atoms with Crippen LogP contribution in [0, 0.1) is 6.92 Å². The first-order chi connectivity index (χ1) is 9.06. The summed E-state index contributed by atoms with van der Waals surface area (Å²) in [6.07, 6.45) is 1.69. The van der Waals surface area contributed by atoms with Crippen molar-refractivity contribution in [3.05, 3.63) is 57.7 Å². The van der Waals surface area contributed by atoms with Crippen LogP contribution in [0.5, 0.6) is 0 Å². The fourth-order valence-electron chi connectivity index (χ4n) is 1.46. The second kappa shape index (κ2) is 6.54. The molecule has 0 atom stereocenters. The van der Waals surface area contributed by atoms with Gasteiger partial charge in [-0.15, -0.1) is 0 Å². The lowest BCUT2D eigenvalue weighted by atomic mass is 10.2. The molecule has 0 aliphatic carbocycles. The van der Waals surface area contributed by atoms with Crippen LogP contribution in [0.3, 0.4) is 0 Å². The largest absolute Gasteiger partial charge is 0.233 e. The maximum atomic E-state index is 6.06. The van der Waals surface area contributed by atoms with E-state index < -0.39 is 0 Å². The minimum atomic E-state index is 0.636. The molecule has 3 nitrogen and oxygen atoms in total. The number of anilines is 1. The van der Waals surface area contributed by atoms with E-state index in [1.807, 2.05) is 31.2 Å². The van der Waals surface area contributed by atoms with Gasteiger partial charge < -0.3 is 0 Å². The zero-order valence-electron chi connectivity index (χ0n) is 10.0. The molecule has 0 N–H and O–H groups in total. The van der Waals surface area contributed by atoms with E-state index in [2.05, 4.69) is 32.9 Å². The molecule has 0 amide bonds. The molecule has 2 rings (SSSR count). The summed E-state index contributed by atoms with van der Waals surface area (Å²) in [5.74, 6) is 0.675. The number of aryl methyl sites for hydroxylation is 1. The van der Waals surface area contributed by atoms with Crippen molar-refractivity contribution < 1.29 is 0 Å². The van der Waals surface area contributed by atoms with Crippen LogP contribution in [0.15, 0.2) is 41.5 Å². The number of aromatic nitrogens is 1. The summed E-state index contributed by atoms with van der Waals surface area (Å²) < 4.78 is 1.62. The van der Waals surface area contributed by atoms with E-state index in [0.717, 1.165) is 11.3 Å². The molecule has 19 heavy (non-hydrogen) atoms. The maximum Gasteiger partial charge on any atom is 0.160 e.